The summed E-state index contributed by atoms with van der Waals surface area (Å²) < 4.78 is 0. The molecule has 0 bridgehead atoms. The monoisotopic (exact) mass is 261 g/mol. The molecule has 0 saturated carbocycles. The van der Waals surface area contributed by atoms with Gasteiger partial charge in [0, 0.05) is 11.3 Å². The minimum absolute atomic E-state index is 0.105. The maximum absolute atomic E-state index is 12.4. The lowest BCUT2D eigenvalue weighted by atomic mass is 10.0. The van der Waals surface area contributed by atoms with Gasteiger partial charge in [0.1, 0.15) is 0 Å². The van der Waals surface area contributed by atoms with Crippen LogP contribution in [0.3, 0.4) is 0 Å². The summed E-state index contributed by atoms with van der Waals surface area (Å²) in [5.74, 6) is -0.287. The van der Waals surface area contributed by atoms with E-state index in [1.54, 1.807) is 26.0 Å². The number of carbonyl (C=O) groups is 1. The van der Waals surface area contributed by atoms with Crippen molar-refractivity contribution in [3.63, 3.8) is 0 Å². The van der Waals surface area contributed by atoms with E-state index in [0.717, 1.165) is 5.52 Å². The van der Waals surface area contributed by atoms with Crippen LogP contribution in [-0.2, 0) is 0 Å². The van der Waals surface area contributed by atoms with Crippen LogP contribution >= 0.6 is 11.8 Å². The smallest absolute Gasteiger partial charge is 0.201 e. The minimum Gasteiger partial charge on any atom is -0.349 e. The zero-order valence-corrected chi connectivity index (χ0v) is 11.4. The van der Waals surface area contributed by atoms with Crippen LogP contribution in [0.1, 0.15) is 24.2 Å². The molecular weight excluding hydrogens is 246 g/mol. The highest BCUT2D eigenvalue weighted by atomic mass is 32.2. The Hall–Kier alpha value is -1.55. The third-order valence-electron chi connectivity index (χ3n) is 2.85. The second kappa shape index (κ2) is 4.98. The van der Waals surface area contributed by atoms with Gasteiger partial charge in [-0.25, -0.2) is 0 Å². The lowest BCUT2D eigenvalue weighted by molar-refractivity contribution is 0.0935. The summed E-state index contributed by atoms with van der Waals surface area (Å²) in [4.78, 5) is 27.7. The quantitative estimate of drug-likeness (QED) is 0.682. The summed E-state index contributed by atoms with van der Waals surface area (Å²) in [6, 6.07) is 7.27. The fraction of sp³-hybridized carbons (Fsp3) is 0.286. The van der Waals surface area contributed by atoms with Crippen molar-refractivity contribution in [1.29, 1.82) is 0 Å². The highest BCUT2D eigenvalue weighted by molar-refractivity contribution is 7.98. The first-order chi connectivity index (χ1) is 8.56. The van der Waals surface area contributed by atoms with Crippen molar-refractivity contribution in [3.8, 4) is 0 Å². The lowest BCUT2D eigenvalue weighted by Crippen LogP contribution is -2.21. The second-order valence-electron chi connectivity index (χ2n) is 4.43. The minimum atomic E-state index is -0.182. The van der Waals surface area contributed by atoms with E-state index >= 15 is 0 Å². The van der Waals surface area contributed by atoms with Gasteiger partial charge in [0.15, 0.2) is 5.78 Å². The van der Waals surface area contributed by atoms with Gasteiger partial charge < -0.3 is 4.98 Å². The van der Waals surface area contributed by atoms with E-state index in [-0.39, 0.29) is 22.7 Å². The fourth-order valence-corrected chi connectivity index (χ4v) is 2.49. The first-order valence-corrected chi connectivity index (χ1v) is 7.02. The maximum atomic E-state index is 12.4. The molecule has 0 saturated heterocycles. The fourth-order valence-electron chi connectivity index (χ4n) is 1.88. The maximum Gasteiger partial charge on any atom is 0.201 e. The van der Waals surface area contributed by atoms with Crippen LogP contribution in [0.2, 0.25) is 0 Å². The van der Waals surface area contributed by atoms with Gasteiger partial charge in [0.05, 0.1) is 16.1 Å². The average molecular weight is 261 g/mol. The van der Waals surface area contributed by atoms with Crippen molar-refractivity contribution in [1.82, 2.24) is 4.98 Å². The van der Waals surface area contributed by atoms with Crippen LogP contribution in [0, 0.1) is 5.92 Å². The summed E-state index contributed by atoms with van der Waals surface area (Å²) >= 11 is 1.39. The zero-order chi connectivity index (χ0) is 13.3. The molecule has 0 fully saturated rings. The van der Waals surface area contributed by atoms with Gasteiger partial charge >= 0.3 is 0 Å². The molecule has 94 valence electrons. The van der Waals surface area contributed by atoms with Crippen molar-refractivity contribution in [3.05, 3.63) is 40.1 Å². The number of nitrogens with one attached hydrogen (secondary N) is 1. The Kier molecular flexibility index (Phi) is 3.57. The van der Waals surface area contributed by atoms with Crippen LogP contribution in [0.15, 0.2) is 34.1 Å². The number of para-hydroxylation sites is 1. The first-order valence-electron chi connectivity index (χ1n) is 5.79. The number of pyridine rings is 1. The molecule has 18 heavy (non-hydrogen) atoms. The topological polar surface area (TPSA) is 49.9 Å². The number of ketones is 1. The zero-order valence-electron chi connectivity index (χ0n) is 10.6. The molecule has 3 nitrogen and oxygen atoms in total. The van der Waals surface area contributed by atoms with Crippen molar-refractivity contribution in [2.45, 2.75) is 18.9 Å². The SMILES string of the molecule is CSc1[nH]c2ccccc2c(=O)c1C(=O)C(C)C. The standard InChI is InChI=1S/C14H15NO2S/c1-8(2)12(16)11-13(17)9-6-4-5-7-10(9)15-14(11)18-3/h4-8H,1-3H3,(H,15,17). The highest BCUT2D eigenvalue weighted by Crippen LogP contribution is 2.21. The number of hydrogen-bond donors (Lipinski definition) is 1. The number of thioether (sulfide) groups is 1. The van der Waals surface area contributed by atoms with Gasteiger partial charge in [-0.2, -0.15) is 0 Å². The Bertz CT molecular complexity index is 658. The largest absolute Gasteiger partial charge is 0.349 e. The van der Waals surface area contributed by atoms with Gasteiger partial charge in [-0.1, -0.05) is 26.0 Å². The van der Waals surface area contributed by atoms with E-state index in [9.17, 15) is 9.59 Å². The summed E-state index contributed by atoms with van der Waals surface area (Å²) in [7, 11) is 0. The summed E-state index contributed by atoms with van der Waals surface area (Å²) in [5.41, 5.74) is 0.885. The number of hydrogen-bond acceptors (Lipinski definition) is 3. The van der Waals surface area contributed by atoms with Gasteiger partial charge in [0.2, 0.25) is 5.43 Å². The summed E-state index contributed by atoms with van der Waals surface area (Å²) in [6.07, 6.45) is 1.86. The van der Waals surface area contributed by atoms with Crippen LogP contribution < -0.4 is 5.43 Å². The molecule has 1 aromatic carbocycles. The molecule has 2 rings (SSSR count). The highest BCUT2D eigenvalue weighted by Gasteiger charge is 2.20. The Morgan fingerprint density at radius 1 is 1.28 bits per heavy atom. The van der Waals surface area contributed by atoms with Crippen LogP contribution in [0.4, 0.5) is 0 Å². The summed E-state index contributed by atoms with van der Waals surface area (Å²) in [6.45, 7) is 3.61. The predicted molar refractivity (Wildman–Crippen MR) is 75.5 cm³/mol. The molecular formula is C14H15NO2S. The van der Waals surface area contributed by atoms with Gasteiger partial charge in [0.25, 0.3) is 0 Å². The molecule has 1 heterocycles. The molecule has 0 aliphatic heterocycles. The Morgan fingerprint density at radius 2 is 1.94 bits per heavy atom. The first kappa shape index (κ1) is 12.9. The number of H-pyrrole nitrogens is 1. The number of aromatic amines is 1. The molecule has 0 aliphatic rings. The van der Waals surface area contributed by atoms with Crippen LogP contribution in [0.5, 0.6) is 0 Å². The molecule has 0 amide bonds. The molecule has 0 radical (unpaired) electrons. The number of benzene rings is 1. The third-order valence-corrected chi connectivity index (χ3v) is 3.56. The van der Waals surface area contributed by atoms with E-state index in [1.165, 1.54) is 11.8 Å². The molecule has 0 unspecified atom stereocenters. The number of carbonyl (C=O) groups excluding carboxylic acids is 1. The van der Waals surface area contributed by atoms with E-state index in [2.05, 4.69) is 4.98 Å². The normalized spacial score (nSPS) is 11.1. The van der Waals surface area contributed by atoms with E-state index < -0.39 is 0 Å². The second-order valence-corrected chi connectivity index (χ2v) is 5.24. The Morgan fingerprint density at radius 3 is 2.56 bits per heavy atom. The number of fused-ring (bicyclic) bond motifs is 1. The van der Waals surface area contributed by atoms with Gasteiger partial charge in [-0.15, -0.1) is 11.8 Å². The number of Topliss-reactive ketones (excluding diaryl/α,β-unsaturated/α-hetero) is 1. The molecule has 0 aliphatic carbocycles. The number of rotatable bonds is 3. The summed E-state index contributed by atoms with van der Waals surface area (Å²) in [5, 5.41) is 1.22. The molecule has 4 heteroatoms. The van der Waals surface area contributed by atoms with Crippen LogP contribution in [0.25, 0.3) is 10.9 Å². The van der Waals surface area contributed by atoms with Gasteiger partial charge in [-0.3, -0.25) is 9.59 Å². The molecule has 1 N–H and O–H groups in total. The molecule has 0 atom stereocenters. The van der Waals surface area contributed by atoms with Crippen molar-refractivity contribution in [2.75, 3.05) is 6.26 Å². The van der Waals surface area contributed by atoms with Gasteiger partial charge in [-0.05, 0) is 18.4 Å². The molecule has 1 aromatic heterocycles. The van der Waals surface area contributed by atoms with E-state index in [0.29, 0.717) is 10.4 Å². The Labute approximate surface area is 110 Å². The number of aromatic nitrogens is 1. The molecule has 0 spiro atoms. The van der Waals surface area contributed by atoms with Crippen molar-refractivity contribution >= 4 is 28.4 Å². The van der Waals surface area contributed by atoms with Crippen LogP contribution in [-0.4, -0.2) is 17.0 Å². The van der Waals surface area contributed by atoms with E-state index in [1.807, 2.05) is 18.4 Å². The third kappa shape index (κ3) is 2.08. The average Bonchev–Trinajstić information content (AvgIpc) is 2.37. The van der Waals surface area contributed by atoms with E-state index in [4.69, 9.17) is 0 Å². The molecule has 2 aromatic rings. The lowest BCUT2D eigenvalue weighted by Gasteiger charge is -2.10. The van der Waals surface area contributed by atoms with Crippen molar-refractivity contribution in [2.24, 2.45) is 5.92 Å². The van der Waals surface area contributed by atoms with Crippen molar-refractivity contribution < 1.29 is 4.79 Å². The predicted octanol–water partition coefficient (Wildman–Crippen LogP) is 3.09. The Balaban J connectivity index is 2.83.